The van der Waals surface area contributed by atoms with Gasteiger partial charge in [0.25, 0.3) is 5.91 Å². The fourth-order valence-corrected chi connectivity index (χ4v) is 6.56. The maximum atomic E-state index is 13.2. The number of hydrogen-bond acceptors (Lipinski definition) is 9. The van der Waals surface area contributed by atoms with E-state index in [9.17, 15) is 14.4 Å². The van der Waals surface area contributed by atoms with E-state index in [1.54, 1.807) is 11.3 Å². The molecule has 0 spiro atoms. The lowest BCUT2D eigenvalue weighted by atomic mass is 9.99. The molecule has 0 saturated carbocycles. The number of nitrogens with zero attached hydrogens (tertiary/aromatic N) is 4. The Balaban J connectivity index is 1.25. The summed E-state index contributed by atoms with van der Waals surface area (Å²) in [6, 6.07) is 11.5. The third kappa shape index (κ3) is 7.28. The van der Waals surface area contributed by atoms with Crippen molar-refractivity contribution in [2.45, 2.75) is 39.7 Å². The van der Waals surface area contributed by atoms with Crippen LogP contribution in [-0.4, -0.2) is 65.0 Å². The highest BCUT2D eigenvalue weighted by Crippen LogP contribution is 2.39. The summed E-state index contributed by atoms with van der Waals surface area (Å²) in [6.45, 7) is 6.81. The second-order valence-corrected chi connectivity index (χ2v) is 12.5. The van der Waals surface area contributed by atoms with Gasteiger partial charge in [-0.15, -0.1) is 21.5 Å². The molecule has 0 bridgehead atoms. The molecule has 2 aromatic carbocycles. The highest BCUT2D eigenvalue weighted by atomic mass is 35.5. The molecule has 0 fully saturated rings. The number of fused-ring (bicyclic) bond motifs is 3. The average Bonchev–Trinajstić information content (AvgIpc) is 3.54. The molecule has 1 aliphatic heterocycles. The van der Waals surface area contributed by atoms with Crippen LogP contribution in [0.1, 0.15) is 78.4 Å². The van der Waals surface area contributed by atoms with Gasteiger partial charge in [0.05, 0.1) is 31.4 Å². The van der Waals surface area contributed by atoms with E-state index in [0.29, 0.717) is 41.5 Å². The van der Waals surface area contributed by atoms with Crippen LogP contribution in [0.15, 0.2) is 47.5 Å². The molecule has 5 rings (SSSR count). The number of rotatable bonds is 9. The smallest absolute Gasteiger partial charge is 0.339 e. The minimum absolute atomic E-state index is 0.0632. The Hall–Kier alpha value is -4.83. The van der Waals surface area contributed by atoms with E-state index in [2.05, 4.69) is 46.5 Å². The highest BCUT2D eigenvalue weighted by Gasteiger charge is 2.32. The lowest BCUT2D eigenvalue weighted by Gasteiger charge is -2.13. The number of halogens is 1. The van der Waals surface area contributed by atoms with Crippen LogP contribution < -0.4 is 16.4 Å². The number of aliphatic imine (C=N–C) groups is 1. The number of carbonyl (C=O) groups excluding carboxylic acids is 3. The molecule has 3 heterocycles. The van der Waals surface area contributed by atoms with E-state index >= 15 is 0 Å². The van der Waals surface area contributed by atoms with Crippen molar-refractivity contribution in [2.75, 3.05) is 26.7 Å². The largest absolute Gasteiger partial charge is 0.465 e. The number of ether oxygens (including phenoxy) is 1. The standard InChI is InChI=1S/C34H34ClN7O4S/c1-19-20(2)47-33-29(19)30(22-8-11-25(35)12-9-22)39-27(31-41-40-21(3)42(31)33)18-28(43)37-15-6-16-38-32(44)24-10-13-26(34(45)46-4)23(17-24)7-5-14-36/h8-13,17,27H,6,14-16,18,36H2,1-4H3,(H,37,43)(H,38,44)/t27-/m0/s1. The first-order valence-corrected chi connectivity index (χ1v) is 16.1. The van der Waals surface area contributed by atoms with Crippen LogP contribution in [0.4, 0.5) is 0 Å². The Kier molecular flexibility index (Phi) is 10.5. The molecule has 4 aromatic rings. The van der Waals surface area contributed by atoms with E-state index < -0.39 is 12.0 Å². The summed E-state index contributed by atoms with van der Waals surface area (Å²) in [6.07, 6.45) is 0.556. The van der Waals surface area contributed by atoms with E-state index in [-0.39, 0.29) is 30.3 Å². The van der Waals surface area contributed by atoms with Crippen LogP contribution in [0, 0.1) is 32.6 Å². The van der Waals surface area contributed by atoms with Crippen LogP contribution >= 0.6 is 22.9 Å². The molecule has 1 aliphatic rings. The number of carbonyl (C=O) groups is 3. The number of thiophene rings is 1. The summed E-state index contributed by atoms with van der Waals surface area (Å²) in [5.74, 6) is 5.74. The van der Waals surface area contributed by atoms with Gasteiger partial charge in [0.1, 0.15) is 16.9 Å². The number of nitrogens with two attached hydrogens (primary N) is 1. The lowest BCUT2D eigenvalue weighted by Crippen LogP contribution is -2.30. The molecule has 2 amide bonds. The lowest BCUT2D eigenvalue weighted by molar-refractivity contribution is -0.121. The number of hydrogen-bond donors (Lipinski definition) is 3. The zero-order valence-corrected chi connectivity index (χ0v) is 28.0. The van der Waals surface area contributed by atoms with E-state index in [0.717, 1.165) is 38.1 Å². The molecule has 0 unspecified atom stereocenters. The molecule has 242 valence electrons. The molecule has 4 N–H and O–H groups in total. The first kappa shape index (κ1) is 33.5. The van der Waals surface area contributed by atoms with Crippen molar-refractivity contribution in [2.24, 2.45) is 10.7 Å². The van der Waals surface area contributed by atoms with Crippen molar-refractivity contribution in [3.63, 3.8) is 0 Å². The van der Waals surface area contributed by atoms with Gasteiger partial charge in [0, 0.05) is 45.2 Å². The van der Waals surface area contributed by atoms with E-state index in [1.807, 2.05) is 35.8 Å². The molecule has 0 aliphatic carbocycles. The quantitative estimate of drug-likeness (QED) is 0.137. The van der Waals surface area contributed by atoms with Crippen molar-refractivity contribution in [3.8, 4) is 16.8 Å². The normalized spacial score (nSPS) is 13.3. The number of benzene rings is 2. The summed E-state index contributed by atoms with van der Waals surface area (Å²) in [4.78, 5) is 44.4. The van der Waals surface area contributed by atoms with Gasteiger partial charge in [-0.25, -0.2) is 4.79 Å². The highest BCUT2D eigenvalue weighted by molar-refractivity contribution is 7.15. The average molecular weight is 672 g/mol. The van der Waals surface area contributed by atoms with Gasteiger partial charge in [0.15, 0.2) is 5.82 Å². The van der Waals surface area contributed by atoms with Gasteiger partial charge in [0.2, 0.25) is 5.91 Å². The number of aromatic nitrogens is 3. The molecule has 1 atom stereocenters. The van der Waals surface area contributed by atoms with Crippen LogP contribution in [0.2, 0.25) is 5.02 Å². The second kappa shape index (κ2) is 14.7. The maximum absolute atomic E-state index is 13.2. The summed E-state index contributed by atoms with van der Waals surface area (Å²) < 4.78 is 6.80. The Bertz CT molecular complexity index is 1940. The second-order valence-electron chi connectivity index (χ2n) is 10.8. The van der Waals surface area contributed by atoms with Gasteiger partial charge in [-0.1, -0.05) is 35.6 Å². The number of nitrogens with one attached hydrogen (secondary N) is 2. The minimum atomic E-state index is -0.578. The summed E-state index contributed by atoms with van der Waals surface area (Å²) >= 11 is 7.85. The van der Waals surface area contributed by atoms with Gasteiger partial charge in [-0.05, 0) is 63.1 Å². The van der Waals surface area contributed by atoms with Crippen molar-refractivity contribution >= 4 is 46.4 Å². The Morgan fingerprint density at radius 2 is 1.81 bits per heavy atom. The molecule has 11 nitrogen and oxygen atoms in total. The Morgan fingerprint density at radius 1 is 1.06 bits per heavy atom. The number of esters is 1. The molecular weight excluding hydrogens is 638 g/mol. The zero-order chi connectivity index (χ0) is 33.7. The summed E-state index contributed by atoms with van der Waals surface area (Å²) in [5.41, 5.74) is 10.2. The van der Waals surface area contributed by atoms with Gasteiger partial charge >= 0.3 is 5.97 Å². The van der Waals surface area contributed by atoms with E-state index in [1.165, 1.54) is 25.3 Å². The third-order valence-electron chi connectivity index (χ3n) is 7.71. The summed E-state index contributed by atoms with van der Waals surface area (Å²) in [7, 11) is 1.28. The Morgan fingerprint density at radius 3 is 2.53 bits per heavy atom. The SMILES string of the molecule is COC(=O)c1ccc(C(=O)NCCCNC(=O)C[C@@H]2N=C(c3ccc(Cl)cc3)c3c(sc(C)c3C)-n3c(C)nnc32)cc1C#CCN. The van der Waals surface area contributed by atoms with Crippen molar-refractivity contribution < 1.29 is 19.1 Å². The topological polar surface area (TPSA) is 154 Å². The molecule has 13 heteroatoms. The fourth-order valence-electron chi connectivity index (χ4n) is 5.22. The number of aryl methyl sites for hydroxylation is 2. The molecule has 2 aromatic heterocycles. The predicted octanol–water partition coefficient (Wildman–Crippen LogP) is 4.22. The minimum Gasteiger partial charge on any atom is -0.465 e. The van der Waals surface area contributed by atoms with Gasteiger partial charge < -0.3 is 21.1 Å². The number of methoxy groups -OCH3 is 1. The fraction of sp³-hybridized carbons (Fsp3) is 0.294. The monoisotopic (exact) mass is 671 g/mol. The van der Waals surface area contributed by atoms with Crippen molar-refractivity contribution in [1.29, 1.82) is 0 Å². The first-order chi connectivity index (χ1) is 22.6. The van der Waals surface area contributed by atoms with Crippen molar-refractivity contribution in [1.82, 2.24) is 25.4 Å². The molecule has 47 heavy (non-hydrogen) atoms. The number of amides is 2. The van der Waals surface area contributed by atoms with E-state index in [4.69, 9.17) is 27.1 Å². The predicted molar refractivity (Wildman–Crippen MR) is 182 cm³/mol. The van der Waals surface area contributed by atoms with Crippen molar-refractivity contribution in [3.05, 3.63) is 97.4 Å². The van der Waals surface area contributed by atoms with Gasteiger partial charge in [-0.3, -0.25) is 19.1 Å². The first-order valence-electron chi connectivity index (χ1n) is 15.0. The third-order valence-corrected chi connectivity index (χ3v) is 9.15. The van der Waals surface area contributed by atoms with Crippen LogP contribution in [0.5, 0.6) is 0 Å². The molecule has 0 radical (unpaired) electrons. The van der Waals surface area contributed by atoms with Gasteiger partial charge in [-0.2, -0.15) is 0 Å². The van der Waals surface area contributed by atoms with Crippen LogP contribution in [0.3, 0.4) is 0 Å². The van der Waals surface area contributed by atoms with Crippen LogP contribution in [-0.2, 0) is 9.53 Å². The molecule has 0 saturated heterocycles. The Labute approximate surface area is 281 Å². The van der Waals surface area contributed by atoms with Crippen LogP contribution in [0.25, 0.3) is 5.00 Å². The summed E-state index contributed by atoms with van der Waals surface area (Å²) in [5, 5.41) is 16.2. The molecular formula is C34H34ClN7O4S. The zero-order valence-electron chi connectivity index (χ0n) is 26.4. The maximum Gasteiger partial charge on any atom is 0.339 e.